The molecule has 2 aromatic carbocycles. The maximum Gasteiger partial charge on any atom is 0.390 e. The van der Waals surface area contributed by atoms with Crippen LogP contribution in [-0.4, -0.2) is 47.0 Å². The quantitative estimate of drug-likeness (QED) is 0.549. The number of aromatic nitrogens is 2. The molecule has 0 saturated carbocycles. The molecule has 0 aliphatic carbocycles. The lowest BCUT2D eigenvalue weighted by Crippen LogP contribution is -2.35. The van der Waals surface area contributed by atoms with E-state index in [1.807, 2.05) is 24.0 Å². The van der Waals surface area contributed by atoms with Gasteiger partial charge in [-0.2, -0.15) is 18.3 Å². The lowest BCUT2D eigenvalue weighted by Gasteiger charge is -2.31. The van der Waals surface area contributed by atoms with Gasteiger partial charge in [-0.25, -0.2) is 9.07 Å². The van der Waals surface area contributed by atoms with Crippen LogP contribution in [0, 0.1) is 12.7 Å². The Kier molecular flexibility index (Phi) is 7.24. The van der Waals surface area contributed by atoms with E-state index in [1.165, 1.54) is 12.1 Å². The third-order valence-electron chi connectivity index (χ3n) is 5.65. The predicted octanol–water partition coefficient (Wildman–Crippen LogP) is 5.18. The summed E-state index contributed by atoms with van der Waals surface area (Å²) >= 11 is 0. The molecule has 1 saturated heterocycles. The fourth-order valence-corrected chi connectivity index (χ4v) is 4.12. The molecule has 1 N–H and O–H groups in total. The fraction of sp³-hybridized carbons (Fsp3) is 0.409. The van der Waals surface area contributed by atoms with Gasteiger partial charge in [0.05, 0.1) is 23.8 Å². The first-order chi connectivity index (χ1) is 14.3. The number of rotatable bonds is 4. The van der Waals surface area contributed by atoms with E-state index in [1.54, 1.807) is 23.0 Å². The van der Waals surface area contributed by atoms with Crippen molar-refractivity contribution in [1.29, 1.82) is 0 Å². The average molecular weight is 457 g/mol. The van der Waals surface area contributed by atoms with Gasteiger partial charge in [-0.15, -0.1) is 12.4 Å². The van der Waals surface area contributed by atoms with Crippen LogP contribution in [0.1, 0.15) is 30.0 Å². The second-order valence-corrected chi connectivity index (χ2v) is 7.78. The molecule has 168 valence electrons. The number of halogens is 5. The maximum absolute atomic E-state index is 13.3. The van der Waals surface area contributed by atoms with Crippen molar-refractivity contribution < 1.29 is 17.6 Å². The summed E-state index contributed by atoms with van der Waals surface area (Å²) in [5, 5.41) is 8.70. The molecular weight excluding hydrogens is 432 g/mol. The van der Waals surface area contributed by atoms with Gasteiger partial charge in [0.25, 0.3) is 0 Å². The van der Waals surface area contributed by atoms with Gasteiger partial charge in [-0.3, -0.25) is 4.90 Å². The first-order valence-electron chi connectivity index (χ1n) is 10.1. The second kappa shape index (κ2) is 9.54. The lowest BCUT2D eigenvalue weighted by molar-refractivity contribution is -0.139. The zero-order valence-electron chi connectivity index (χ0n) is 17.1. The molecule has 0 spiro atoms. The molecule has 0 radical (unpaired) electrons. The second-order valence-electron chi connectivity index (χ2n) is 7.78. The Morgan fingerprint density at radius 1 is 1.16 bits per heavy atom. The van der Waals surface area contributed by atoms with Gasteiger partial charge in [0.15, 0.2) is 0 Å². The highest BCUT2D eigenvalue weighted by atomic mass is 35.5. The Balaban J connectivity index is 0.00000272. The van der Waals surface area contributed by atoms with Crippen LogP contribution in [0.25, 0.3) is 16.6 Å². The zero-order valence-corrected chi connectivity index (χ0v) is 17.9. The smallest absolute Gasteiger partial charge is 0.315 e. The number of nitrogens with one attached hydrogen (secondary N) is 1. The molecule has 0 bridgehead atoms. The molecule has 4 nitrogen and oxygen atoms in total. The molecule has 0 amide bonds. The van der Waals surface area contributed by atoms with Gasteiger partial charge in [0, 0.05) is 31.1 Å². The molecule has 3 aromatic rings. The Morgan fingerprint density at radius 2 is 1.90 bits per heavy atom. The third-order valence-corrected chi connectivity index (χ3v) is 5.65. The van der Waals surface area contributed by atoms with Crippen molar-refractivity contribution in [2.24, 2.45) is 0 Å². The zero-order chi connectivity index (χ0) is 21.3. The molecule has 1 aliphatic heterocycles. The van der Waals surface area contributed by atoms with E-state index in [2.05, 4.69) is 10.4 Å². The summed E-state index contributed by atoms with van der Waals surface area (Å²) in [6.45, 7) is 3.99. The predicted molar refractivity (Wildman–Crippen MR) is 115 cm³/mol. The molecule has 1 fully saturated rings. The summed E-state index contributed by atoms with van der Waals surface area (Å²) in [7, 11) is 0. The summed E-state index contributed by atoms with van der Waals surface area (Å²) in [5.41, 5.74) is 3.64. The summed E-state index contributed by atoms with van der Waals surface area (Å²) in [5.74, 6) is -0.312. The highest BCUT2D eigenvalue weighted by Gasteiger charge is 2.31. The van der Waals surface area contributed by atoms with Crippen molar-refractivity contribution in [3.8, 4) is 5.69 Å². The monoisotopic (exact) mass is 456 g/mol. The van der Waals surface area contributed by atoms with Gasteiger partial charge in [-0.1, -0.05) is 0 Å². The molecule has 4 rings (SSSR count). The normalized spacial score (nSPS) is 18.0. The molecule has 1 unspecified atom stereocenters. The largest absolute Gasteiger partial charge is 0.390 e. The van der Waals surface area contributed by atoms with Gasteiger partial charge in [0.2, 0.25) is 0 Å². The van der Waals surface area contributed by atoms with E-state index in [9.17, 15) is 17.6 Å². The SMILES string of the molecule is Cc1cc2c(cnn2-c2ccc(F)cc2)cc1C1CNCCCN1CCC(F)(F)F.Cl. The summed E-state index contributed by atoms with van der Waals surface area (Å²) in [6.07, 6.45) is -2.42. The first kappa shape index (κ1) is 23.5. The van der Waals surface area contributed by atoms with Gasteiger partial charge in [-0.05, 0) is 67.4 Å². The summed E-state index contributed by atoms with van der Waals surface area (Å²) in [6, 6.07) is 10.0. The molecule has 1 atom stereocenters. The van der Waals surface area contributed by atoms with Crippen LogP contribution in [-0.2, 0) is 0 Å². The summed E-state index contributed by atoms with van der Waals surface area (Å²) < 4.78 is 53.5. The van der Waals surface area contributed by atoms with Crippen LogP contribution in [0.4, 0.5) is 17.6 Å². The van der Waals surface area contributed by atoms with Crippen molar-refractivity contribution in [3.63, 3.8) is 0 Å². The topological polar surface area (TPSA) is 33.1 Å². The van der Waals surface area contributed by atoms with E-state index in [0.717, 1.165) is 40.7 Å². The van der Waals surface area contributed by atoms with E-state index in [-0.39, 0.29) is 30.8 Å². The van der Waals surface area contributed by atoms with E-state index in [4.69, 9.17) is 0 Å². The number of hydrogen-bond donors (Lipinski definition) is 1. The number of benzene rings is 2. The third kappa shape index (κ3) is 5.37. The number of hydrogen-bond acceptors (Lipinski definition) is 3. The van der Waals surface area contributed by atoms with E-state index in [0.29, 0.717) is 13.1 Å². The van der Waals surface area contributed by atoms with Gasteiger partial charge < -0.3 is 5.32 Å². The van der Waals surface area contributed by atoms with Crippen LogP contribution >= 0.6 is 12.4 Å². The Hall–Kier alpha value is -2.16. The molecule has 1 aromatic heterocycles. The fourth-order valence-electron chi connectivity index (χ4n) is 4.12. The summed E-state index contributed by atoms with van der Waals surface area (Å²) in [4.78, 5) is 1.94. The van der Waals surface area contributed by atoms with Crippen molar-refractivity contribution in [1.82, 2.24) is 20.0 Å². The number of aryl methyl sites for hydroxylation is 1. The molecule has 2 heterocycles. The van der Waals surface area contributed by atoms with Crippen LogP contribution in [0.5, 0.6) is 0 Å². The molecule has 1 aliphatic rings. The molecule has 9 heteroatoms. The highest BCUT2D eigenvalue weighted by molar-refractivity contribution is 5.85. The van der Waals surface area contributed by atoms with Crippen LogP contribution < -0.4 is 5.32 Å². The van der Waals surface area contributed by atoms with E-state index < -0.39 is 12.6 Å². The number of alkyl halides is 3. The highest BCUT2D eigenvalue weighted by Crippen LogP contribution is 2.31. The van der Waals surface area contributed by atoms with Crippen LogP contribution in [0.2, 0.25) is 0 Å². The van der Waals surface area contributed by atoms with E-state index >= 15 is 0 Å². The standard InChI is InChI=1S/C22H24F4N4.ClH/c1-15-11-20-16(13-28-30(20)18-5-3-17(23)4-6-18)12-19(15)21-14-27-8-2-9-29(21)10-7-22(24,25)26;/h3-6,11-13,21,27H,2,7-10,14H2,1H3;1H. The average Bonchev–Trinajstić information content (AvgIpc) is 2.95. The minimum absolute atomic E-state index is 0. The number of nitrogens with zero attached hydrogens (tertiary/aromatic N) is 3. The van der Waals surface area contributed by atoms with Crippen molar-refractivity contribution in [2.75, 3.05) is 26.2 Å². The lowest BCUT2D eigenvalue weighted by atomic mass is 9.97. The first-order valence-corrected chi connectivity index (χ1v) is 10.1. The van der Waals surface area contributed by atoms with Gasteiger partial charge in [0.1, 0.15) is 5.82 Å². The minimum atomic E-state index is -4.17. The van der Waals surface area contributed by atoms with Crippen molar-refractivity contribution in [3.05, 3.63) is 59.5 Å². The Bertz CT molecular complexity index is 1020. The number of fused-ring (bicyclic) bond motifs is 1. The maximum atomic E-state index is 13.3. The molecular formula is C22H25ClF4N4. The Labute approximate surface area is 184 Å². The Morgan fingerprint density at radius 3 is 2.61 bits per heavy atom. The van der Waals surface area contributed by atoms with Crippen LogP contribution in [0.3, 0.4) is 0 Å². The van der Waals surface area contributed by atoms with Crippen molar-refractivity contribution in [2.45, 2.75) is 32.0 Å². The minimum Gasteiger partial charge on any atom is -0.315 e. The van der Waals surface area contributed by atoms with Crippen molar-refractivity contribution >= 4 is 23.3 Å². The molecule has 31 heavy (non-hydrogen) atoms. The van der Waals surface area contributed by atoms with Crippen LogP contribution in [0.15, 0.2) is 42.6 Å². The van der Waals surface area contributed by atoms with Gasteiger partial charge >= 0.3 is 6.18 Å².